The second-order valence-corrected chi connectivity index (χ2v) is 10.5. The number of piperidine rings is 1. The predicted octanol–water partition coefficient (Wildman–Crippen LogP) is 3.75. The van der Waals surface area contributed by atoms with Gasteiger partial charge in [0, 0.05) is 13.1 Å². The molecule has 0 spiro atoms. The third-order valence-corrected chi connectivity index (χ3v) is 7.91. The molecule has 1 saturated heterocycles. The fourth-order valence-electron chi connectivity index (χ4n) is 4.26. The van der Waals surface area contributed by atoms with Crippen LogP contribution in [0.2, 0.25) is 0 Å². The molecule has 10 heteroatoms. The van der Waals surface area contributed by atoms with E-state index in [-0.39, 0.29) is 16.6 Å². The zero-order valence-corrected chi connectivity index (χ0v) is 19.8. The fourth-order valence-corrected chi connectivity index (χ4v) is 5.69. The third kappa shape index (κ3) is 4.94. The molecule has 35 heavy (non-hydrogen) atoms. The van der Waals surface area contributed by atoms with Gasteiger partial charge in [-0.15, -0.1) is 0 Å². The summed E-state index contributed by atoms with van der Waals surface area (Å²) in [5, 5.41) is 12.3. The molecule has 5 rings (SSSR count). The Kier molecular flexibility index (Phi) is 6.31. The van der Waals surface area contributed by atoms with Gasteiger partial charge in [0.05, 0.1) is 17.1 Å². The molecule has 1 aliphatic rings. The zero-order chi connectivity index (χ0) is 24.4. The number of aromatic nitrogens is 2. The van der Waals surface area contributed by atoms with Crippen LogP contribution >= 0.6 is 0 Å². The second kappa shape index (κ2) is 9.55. The minimum atomic E-state index is -3.78. The van der Waals surface area contributed by atoms with Gasteiger partial charge < -0.3 is 19.8 Å². The van der Waals surface area contributed by atoms with Crippen molar-refractivity contribution in [2.75, 3.05) is 13.1 Å². The van der Waals surface area contributed by atoms with Crippen LogP contribution in [0.4, 0.5) is 0 Å². The van der Waals surface area contributed by atoms with Crippen molar-refractivity contribution >= 4 is 27.0 Å². The van der Waals surface area contributed by atoms with Crippen molar-refractivity contribution < 1.29 is 22.7 Å². The van der Waals surface area contributed by atoms with Crippen LogP contribution in [-0.4, -0.2) is 46.8 Å². The summed E-state index contributed by atoms with van der Waals surface area (Å²) in [5.74, 6) is 0.0678. The lowest BCUT2D eigenvalue weighted by Gasteiger charge is -2.24. The molecular weight excluding hydrogens is 468 g/mol. The van der Waals surface area contributed by atoms with E-state index in [0.717, 1.165) is 35.9 Å². The summed E-state index contributed by atoms with van der Waals surface area (Å²) in [7, 11) is -3.78. The standard InChI is InChI=1S/C25H26N4O5S/c30-18-10-8-17(9-11-18)16-21(24-26-19-6-2-3-7-20(19)27-24)28-25(31)22-12-13-23(34-22)35(32,33)29-14-4-1-5-15-29/h2-3,6-13,21,30H,1,4-5,14-16H2,(H,26,27)(H,28,31). The Labute approximate surface area is 202 Å². The maximum absolute atomic E-state index is 13.1. The van der Waals surface area contributed by atoms with E-state index < -0.39 is 22.0 Å². The number of furan rings is 1. The number of benzene rings is 2. The maximum Gasteiger partial charge on any atom is 0.287 e. The molecule has 2 aromatic carbocycles. The van der Waals surface area contributed by atoms with Crippen LogP contribution < -0.4 is 5.32 Å². The third-order valence-electron chi connectivity index (χ3n) is 6.13. The highest BCUT2D eigenvalue weighted by Crippen LogP contribution is 2.25. The molecule has 1 fully saturated rings. The largest absolute Gasteiger partial charge is 0.508 e. The second-order valence-electron chi connectivity index (χ2n) is 8.62. The van der Waals surface area contributed by atoms with Gasteiger partial charge in [-0.2, -0.15) is 4.31 Å². The highest BCUT2D eigenvalue weighted by atomic mass is 32.2. The summed E-state index contributed by atoms with van der Waals surface area (Å²) >= 11 is 0. The molecule has 0 radical (unpaired) electrons. The first-order valence-electron chi connectivity index (χ1n) is 11.5. The molecule has 1 amide bonds. The number of hydrogen-bond donors (Lipinski definition) is 3. The molecule has 1 aliphatic heterocycles. The summed E-state index contributed by atoms with van der Waals surface area (Å²) in [6.07, 6.45) is 3.01. The van der Waals surface area contributed by atoms with E-state index in [1.807, 2.05) is 24.3 Å². The molecule has 3 N–H and O–H groups in total. The van der Waals surface area contributed by atoms with Gasteiger partial charge in [0.2, 0.25) is 5.09 Å². The number of nitrogens with zero attached hydrogens (tertiary/aromatic N) is 2. The first kappa shape index (κ1) is 23.1. The van der Waals surface area contributed by atoms with E-state index in [4.69, 9.17) is 4.42 Å². The molecule has 4 aromatic rings. The predicted molar refractivity (Wildman–Crippen MR) is 129 cm³/mol. The molecule has 3 heterocycles. The number of imidazole rings is 1. The number of carbonyl (C=O) groups excluding carboxylic acids is 1. The average Bonchev–Trinajstić information content (AvgIpc) is 3.54. The van der Waals surface area contributed by atoms with Crippen molar-refractivity contribution in [3.63, 3.8) is 0 Å². The number of fused-ring (bicyclic) bond motifs is 1. The van der Waals surface area contributed by atoms with Crippen LogP contribution in [0.1, 0.15) is 47.2 Å². The van der Waals surface area contributed by atoms with Crippen LogP contribution in [-0.2, 0) is 16.4 Å². The van der Waals surface area contributed by atoms with Crippen LogP contribution in [0.25, 0.3) is 11.0 Å². The molecule has 0 bridgehead atoms. The first-order chi connectivity index (χ1) is 16.9. The van der Waals surface area contributed by atoms with Crippen molar-refractivity contribution in [1.29, 1.82) is 0 Å². The van der Waals surface area contributed by atoms with Gasteiger partial charge in [0.1, 0.15) is 11.6 Å². The van der Waals surface area contributed by atoms with Crippen molar-refractivity contribution in [3.05, 3.63) is 77.8 Å². The topological polar surface area (TPSA) is 129 Å². The number of aromatic hydroxyl groups is 1. The number of para-hydroxylation sites is 2. The lowest BCUT2D eigenvalue weighted by molar-refractivity contribution is 0.0901. The van der Waals surface area contributed by atoms with Crippen LogP contribution in [0.3, 0.4) is 0 Å². The van der Waals surface area contributed by atoms with Crippen molar-refractivity contribution in [2.45, 2.75) is 36.8 Å². The summed E-state index contributed by atoms with van der Waals surface area (Å²) in [6.45, 7) is 0.899. The Hall–Kier alpha value is -3.63. The van der Waals surface area contributed by atoms with Gasteiger partial charge in [-0.3, -0.25) is 4.79 Å². The lowest BCUT2D eigenvalue weighted by Crippen LogP contribution is -2.35. The van der Waals surface area contributed by atoms with Crippen molar-refractivity contribution in [2.24, 2.45) is 0 Å². The minimum Gasteiger partial charge on any atom is -0.508 e. The number of phenols is 1. The minimum absolute atomic E-state index is 0.0904. The van der Waals surface area contributed by atoms with Gasteiger partial charge in [-0.05, 0) is 61.2 Å². The number of rotatable bonds is 7. The summed E-state index contributed by atoms with van der Waals surface area (Å²) in [6, 6.07) is 16.4. The average molecular weight is 495 g/mol. The van der Waals surface area contributed by atoms with E-state index in [1.54, 1.807) is 24.3 Å². The molecule has 2 aromatic heterocycles. The Balaban J connectivity index is 1.40. The van der Waals surface area contributed by atoms with E-state index in [9.17, 15) is 18.3 Å². The van der Waals surface area contributed by atoms with E-state index >= 15 is 0 Å². The van der Waals surface area contributed by atoms with Crippen LogP contribution in [0.15, 0.2) is 70.2 Å². The number of H-pyrrole nitrogens is 1. The number of sulfonamides is 1. The summed E-state index contributed by atoms with van der Waals surface area (Å²) in [4.78, 5) is 21.0. The Bertz CT molecular complexity index is 1400. The van der Waals surface area contributed by atoms with Crippen molar-refractivity contribution in [1.82, 2.24) is 19.6 Å². The molecular formula is C25H26N4O5S. The Morgan fingerprint density at radius 1 is 1.06 bits per heavy atom. The zero-order valence-electron chi connectivity index (χ0n) is 19.0. The first-order valence-corrected chi connectivity index (χ1v) is 13.0. The summed E-state index contributed by atoms with van der Waals surface area (Å²) < 4.78 is 32.7. The molecule has 0 aliphatic carbocycles. The number of hydrogen-bond acceptors (Lipinski definition) is 6. The summed E-state index contributed by atoms with van der Waals surface area (Å²) in [5.41, 5.74) is 2.47. The van der Waals surface area contributed by atoms with Gasteiger partial charge in [-0.25, -0.2) is 13.4 Å². The molecule has 1 unspecified atom stereocenters. The Morgan fingerprint density at radius 2 is 1.80 bits per heavy atom. The molecule has 9 nitrogen and oxygen atoms in total. The number of nitrogens with one attached hydrogen (secondary N) is 2. The van der Waals surface area contributed by atoms with Crippen LogP contribution in [0.5, 0.6) is 5.75 Å². The highest BCUT2D eigenvalue weighted by molar-refractivity contribution is 7.89. The maximum atomic E-state index is 13.1. The van der Waals surface area contributed by atoms with Crippen LogP contribution in [0, 0.1) is 0 Å². The number of phenolic OH excluding ortho intramolecular Hbond substituents is 1. The molecule has 0 saturated carbocycles. The molecule has 1 atom stereocenters. The quantitative estimate of drug-likeness (QED) is 0.359. The van der Waals surface area contributed by atoms with E-state index in [2.05, 4.69) is 15.3 Å². The van der Waals surface area contributed by atoms with Crippen molar-refractivity contribution in [3.8, 4) is 5.75 Å². The Morgan fingerprint density at radius 3 is 2.54 bits per heavy atom. The smallest absolute Gasteiger partial charge is 0.287 e. The normalized spacial score (nSPS) is 15.8. The van der Waals surface area contributed by atoms with Gasteiger partial charge in [0.15, 0.2) is 5.76 Å². The van der Waals surface area contributed by atoms with Gasteiger partial charge in [0.25, 0.3) is 15.9 Å². The monoisotopic (exact) mass is 494 g/mol. The van der Waals surface area contributed by atoms with Gasteiger partial charge in [-0.1, -0.05) is 30.7 Å². The highest BCUT2D eigenvalue weighted by Gasteiger charge is 2.30. The lowest BCUT2D eigenvalue weighted by atomic mass is 10.0. The molecule has 182 valence electrons. The van der Waals surface area contributed by atoms with E-state index in [0.29, 0.717) is 25.3 Å². The number of aromatic amines is 1. The number of carbonyl (C=O) groups is 1. The SMILES string of the molecule is O=C(NC(Cc1ccc(O)cc1)c1nc2ccccc2[nH]1)c1ccc(S(=O)(=O)N2CCCCC2)o1. The van der Waals surface area contributed by atoms with Gasteiger partial charge >= 0.3 is 0 Å². The fraction of sp³-hybridized carbons (Fsp3) is 0.280. The number of amides is 1. The van der Waals surface area contributed by atoms with E-state index in [1.165, 1.54) is 16.4 Å².